The summed E-state index contributed by atoms with van der Waals surface area (Å²) in [4.78, 5) is 17.0. The molecule has 0 aromatic rings. The fourth-order valence-corrected chi connectivity index (χ4v) is 0. The molecule has 0 saturated heterocycles. The second kappa shape index (κ2) is 12.0. The Morgan fingerprint density at radius 1 is 0.778 bits per heavy atom. The maximum atomic E-state index is 8.48. The zero-order valence-electron chi connectivity index (χ0n) is 4.05. The van der Waals surface area contributed by atoms with Crippen molar-refractivity contribution in [2.45, 2.75) is 0 Å². The van der Waals surface area contributed by atoms with E-state index in [0.717, 1.165) is 0 Å². The topological polar surface area (TPSA) is 114 Å². The van der Waals surface area contributed by atoms with E-state index >= 15 is 0 Å². The minimum absolute atomic E-state index is 0. The predicted molar refractivity (Wildman–Crippen MR) is 22.3 cm³/mol. The molecule has 0 aromatic carbocycles. The van der Waals surface area contributed by atoms with Gasteiger partial charge in [-0.2, -0.15) is 0 Å². The first kappa shape index (κ1) is 16.7. The zero-order chi connectivity index (χ0) is 7.15. The van der Waals surface area contributed by atoms with Crippen LogP contribution in [-0.2, 0) is 18.3 Å². The molecular weight excluding hydrogens is 295 g/mol. The quantitative estimate of drug-likeness (QED) is 0.396. The number of hydrogen-bond acceptors (Lipinski definition) is 6. The van der Waals surface area contributed by atoms with Gasteiger partial charge in [0.05, 0.1) is 0 Å². The van der Waals surface area contributed by atoms with Gasteiger partial charge < -0.3 is 9.79 Å². The smallest absolute Gasteiger partial charge is 0.744 e. The largest absolute Gasteiger partial charge is 2.00 e. The molecule has 0 aromatic heterocycles. The van der Waals surface area contributed by atoms with Gasteiger partial charge in [0.15, 0.2) is 0 Å². The maximum Gasteiger partial charge on any atom is 2.00 e. The third kappa shape index (κ3) is 296. The normalized spacial score (nSPS) is 5.56. The van der Waals surface area contributed by atoms with Crippen LogP contribution in [0.1, 0.15) is 0 Å². The van der Waals surface area contributed by atoms with Crippen molar-refractivity contribution in [2.75, 3.05) is 0 Å². The third-order valence-electron chi connectivity index (χ3n) is 0. The summed E-state index contributed by atoms with van der Waals surface area (Å²) in [5.41, 5.74) is 0. The van der Waals surface area contributed by atoms with Gasteiger partial charge >= 0.3 is 48.9 Å². The molecule has 0 radical (unpaired) electrons. The van der Waals surface area contributed by atoms with Crippen LogP contribution >= 0.6 is 15.8 Å². The van der Waals surface area contributed by atoms with E-state index in [9.17, 15) is 0 Å². The van der Waals surface area contributed by atoms with Crippen LogP contribution in [0.25, 0.3) is 0 Å². The third-order valence-corrected chi connectivity index (χ3v) is 0. The number of hydrogen-bond donors (Lipinski definition) is 0. The first-order valence-electron chi connectivity index (χ1n) is 1.10. The molecule has 0 N–H and O–H groups in total. The first-order valence-corrected chi connectivity index (χ1v) is 3.29. The maximum absolute atomic E-state index is 8.48. The molecule has 0 fully saturated rings. The van der Waals surface area contributed by atoms with Crippen LogP contribution in [0.15, 0.2) is 0 Å². The molecule has 0 atom stereocenters. The summed E-state index contributed by atoms with van der Waals surface area (Å²) in [6.45, 7) is 0. The molecule has 0 aliphatic heterocycles. The van der Waals surface area contributed by atoms with Crippen molar-refractivity contribution in [3.8, 4) is 0 Å². The van der Waals surface area contributed by atoms with Crippen LogP contribution < -0.4 is 9.79 Å². The Balaban J connectivity index is -0.0000000720. The Bertz CT molecular complexity index is 128. The average Bonchev–Trinajstić information content (AvgIpc) is 1.25. The summed E-state index contributed by atoms with van der Waals surface area (Å²) in [5.74, 6) is 0. The minimum atomic E-state index is -3.37. The van der Waals surface area contributed by atoms with Crippen molar-refractivity contribution in [2.24, 2.45) is 0 Å². The van der Waals surface area contributed by atoms with Crippen LogP contribution in [-0.4, -0.2) is 48.9 Å². The van der Waals surface area contributed by atoms with E-state index in [-0.39, 0.29) is 48.9 Å². The first-order chi connectivity index (χ1) is 3.46. The summed E-state index contributed by atoms with van der Waals surface area (Å²) in [5, 5.41) is 0. The Hall–Kier alpha value is 1.29. The van der Waals surface area contributed by atoms with Crippen LogP contribution in [0.4, 0.5) is 0 Å². The monoisotopic (exact) mass is 296 g/mol. The van der Waals surface area contributed by atoms with Crippen LogP contribution in [0.2, 0.25) is 0 Å². The summed E-state index contributed by atoms with van der Waals surface area (Å²) >= 11 is 0. The molecule has 0 unspecified atom stereocenters. The molecule has 0 aliphatic carbocycles. The molecule has 0 saturated carbocycles. The van der Waals surface area contributed by atoms with Gasteiger partial charge in [-0.25, -0.2) is 0 Å². The van der Waals surface area contributed by atoms with Crippen molar-refractivity contribution >= 4 is 64.7 Å². The van der Waals surface area contributed by atoms with Gasteiger partial charge in [0, 0.05) is 0 Å². The Labute approximate surface area is 91.5 Å². The average molecular weight is 295 g/mol. The molecule has 48 valence electrons. The van der Waals surface area contributed by atoms with Gasteiger partial charge in [0.2, 0.25) is 15.8 Å². The van der Waals surface area contributed by atoms with E-state index in [4.69, 9.17) is 28.0 Å². The van der Waals surface area contributed by atoms with Crippen LogP contribution in [0, 0.1) is 0 Å². The van der Waals surface area contributed by atoms with E-state index < -0.39 is 15.8 Å². The molecule has 9 heavy (non-hydrogen) atoms. The summed E-state index contributed by atoms with van der Waals surface area (Å²) in [6, 6.07) is 0. The van der Waals surface area contributed by atoms with Gasteiger partial charge in [0.25, 0.3) is 0 Å². The summed E-state index contributed by atoms with van der Waals surface area (Å²) in [7, 11) is -6.74. The van der Waals surface area contributed by atoms with Gasteiger partial charge in [-0.15, -0.1) is 0 Å². The summed E-state index contributed by atoms with van der Waals surface area (Å²) < 4.78 is 33.9. The van der Waals surface area contributed by atoms with E-state index in [1.54, 1.807) is 0 Å². The molecule has 0 amide bonds. The molecule has 0 spiro atoms. The van der Waals surface area contributed by atoms with Crippen LogP contribution in [0.3, 0.4) is 0 Å². The Morgan fingerprint density at radius 3 is 0.778 bits per heavy atom. The van der Waals surface area contributed by atoms with E-state index in [0.29, 0.717) is 0 Å². The summed E-state index contributed by atoms with van der Waals surface area (Å²) in [6.07, 6.45) is 0. The van der Waals surface area contributed by atoms with Crippen LogP contribution in [0.5, 0.6) is 0 Å². The SMILES string of the molecule is O=P(=O)[O-].O=P(=O)[O-].[Ba+2]. The molecule has 0 bridgehead atoms. The fourth-order valence-electron chi connectivity index (χ4n) is 0. The fraction of sp³-hybridized carbons (Fsp3) is 0. The molecule has 6 nitrogen and oxygen atoms in total. The van der Waals surface area contributed by atoms with Gasteiger partial charge in [-0.1, -0.05) is 0 Å². The van der Waals surface area contributed by atoms with Crippen molar-refractivity contribution < 1.29 is 28.0 Å². The van der Waals surface area contributed by atoms with Crippen molar-refractivity contribution in [1.29, 1.82) is 0 Å². The standard InChI is InChI=1S/Ba.2HO3P/c;2*1-4(2)3/h;2*(H,1,2,3)/q+2;;/p-2. The van der Waals surface area contributed by atoms with Crippen molar-refractivity contribution in [1.82, 2.24) is 0 Å². The molecule has 0 aliphatic rings. The van der Waals surface area contributed by atoms with Gasteiger partial charge in [0.1, 0.15) is 0 Å². The predicted octanol–water partition coefficient (Wildman–Crippen LogP) is -1.51. The van der Waals surface area contributed by atoms with Gasteiger partial charge in [-0.3, -0.25) is 18.3 Å². The molecule has 0 rings (SSSR count). The zero-order valence-corrected chi connectivity index (χ0v) is 10.3. The van der Waals surface area contributed by atoms with E-state index in [2.05, 4.69) is 0 Å². The Kier molecular flexibility index (Phi) is 22.3. The molecule has 9 heteroatoms. The van der Waals surface area contributed by atoms with E-state index in [1.807, 2.05) is 0 Å². The second-order valence-corrected chi connectivity index (χ2v) is 1.34. The number of rotatable bonds is 0. The molecule has 0 heterocycles. The second-order valence-electron chi connectivity index (χ2n) is 0.447. The molecular formula is BaO6P2. The Morgan fingerprint density at radius 2 is 0.778 bits per heavy atom. The van der Waals surface area contributed by atoms with Crippen molar-refractivity contribution in [3.63, 3.8) is 0 Å². The van der Waals surface area contributed by atoms with Crippen molar-refractivity contribution in [3.05, 3.63) is 0 Å². The minimum Gasteiger partial charge on any atom is -0.744 e. The van der Waals surface area contributed by atoms with E-state index in [1.165, 1.54) is 0 Å². The van der Waals surface area contributed by atoms with Gasteiger partial charge in [-0.05, 0) is 0 Å².